The van der Waals surface area contributed by atoms with Crippen molar-refractivity contribution in [3.05, 3.63) is 53.3 Å². The zero-order valence-electron chi connectivity index (χ0n) is 10.5. The lowest BCUT2D eigenvalue weighted by Crippen LogP contribution is -2.24. The molecule has 3 N–H and O–H groups in total. The molecule has 2 aromatic rings. The molecule has 0 unspecified atom stereocenters. The van der Waals surface area contributed by atoms with Crippen LogP contribution in [0.15, 0.2) is 36.5 Å². The number of H-pyrrole nitrogens is 1. The molecule has 1 aromatic carbocycles. The molecule has 20 heavy (non-hydrogen) atoms. The third-order valence-corrected chi connectivity index (χ3v) is 2.57. The van der Waals surface area contributed by atoms with Crippen LogP contribution in [-0.2, 0) is 17.9 Å². The molecule has 1 amide bonds. The number of aromatic nitrogens is 2. The van der Waals surface area contributed by atoms with Gasteiger partial charge in [0.25, 0.3) is 0 Å². The van der Waals surface area contributed by atoms with Crippen LogP contribution >= 0.6 is 0 Å². The smallest absolute Gasteiger partial charge is 0.407 e. The van der Waals surface area contributed by atoms with Crippen LogP contribution in [0.5, 0.6) is 0 Å². The van der Waals surface area contributed by atoms with E-state index < -0.39 is 12.1 Å². The molecule has 0 aliphatic carbocycles. The van der Waals surface area contributed by atoms with Crippen molar-refractivity contribution in [3.63, 3.8) is 0 Å². The van der Waals surface area contributed by atoms with Crippen LogP contribution < -0.4 is 5.32 Å². The van der Waals surface area contributed by atoms with Gasteiger partial charge in [0.2, 0.25) is 0 Å². The summed E-state index contributed by atoms with van der Waals surface area (Å²) in [6.45, 7) is 0.163. The van der Waals surface area contributed by atoms with E-state index in [0.29, 0.717) is 5.69 Å². The van der Waals surface area contributed by atoms with Crippen LogP contribution in [0.25, 0.3) is 0 Å². The van der Waals surface area contributed by atoms with Gasteiger partial charge >= 0.3 is 12.1 Å². The van der Waals surface area contributed by atoms with Gasteiger partial charge in [-0.1, -0.05) is 30.3 Å². The highest BCUT2D eigenvalue weighted by molar-refractivity contribution is 5.88. The van der Waals surface area contributed by atoms with Crippen LogP contribution in [0.3, 0.4) is 0 Å². The van der Waals surface area contributed by atoms with E-state index in [0.717, 1.165) is 5.56 Å². The summed E-state index contributed by atoms with van der Waals surface area (Å²) in [5.74, 6) is -1.10. The third kappa shape index (κ3) is 3.58. The Morgan fingerprint density at radius 1 is 1.30 bits per heavy atom. The van der Waals surface area contributed by atoms with Gasteiger partial charge < -0.3 is 15.2 Å². The van der Waals surface area contributed by atoms with Crippen molar-refractivity contribution in [1.82, 2.24) is 15.5 Å². The van der Waals surface area contributed by atoms with Gasteiger partial charge in [0.15, 0.2) is 0 Å². The minimum atomic E-state index is -1.10. The predicted molar refractivity (Wildman–Crippen MR) is 69.0 cm³/mol. The lowest BCUT2D eigenvalue weighted by molar-refractivity contribution is 0.0695. The van der Waals surface area contributed by atoms with Crippen LogP contribution in [0.4, 0.5) is 4.79 Å². The molecule has 0 atom stereocenters. The highest BCUT2D eigenvalue weighted by Crippen LogP contribution is 2.04. The fraction of sp³-hybridized carbons (Fsp3) is 0.154. The molecule has 1 aromatic heterocycles. The van der Waals surface area contributed by atoms with E-state index in [4.69, 9.17) is 9.84 Å². The standard InChI is InChI=1S/C13H13N3O4/c17-12(18)10-6-15-16-11(10)7-14-13(19)20-8-9-4-2-1-3-5-9/h1-6H,7-8H2,(H,14,19)(H,15,16)(H,17,18). The van der Waals surface area contributed by atoms with Gasteiger partial charge in [-0.15, -0.1) is 0 Å². The van der Waals surface area contributed by atoms with Gasteiger partial charge in [-0.2, -0.15) is 5.10 Å². The summed E-state index contributed by atoms with van der Waals surface area (Å²) < 4.78 is 4.99. The predicted octanol–water partition coefficient (Wildman–Crippen LogP) is 1.53. The molecule has 7 heteroatoms. The summed E-state index contributed by atoms with van der Waals surface area (Å²) in [7, 11) is 0. The number of carbonyl (C=O) groups is 2. The number of alkyl carbamates (subject to hydrolysis) is 1. The first-order chi connectivity index (χ1) is 9.66. The van der Waals surface area contributed by atoms with Crippen LogP contribution in [0.2, 0.25) is 0 Å². The Hall–Kier alpha value is -2.83. The zero-order chi connectivity index (χ0) is 14.4. The minimum absolute atomic E-state index is 0.00918. The molecular weight excluding hydrogens is 262 g/mol. The number of rotatable bonds is 5. The highest BCUT2D eigenvalue weighted by atomic mass is 16.5. The molecule has 0 radical (unpaired) electrons. The second-order valence-electron chi connectivity index (χ2n) is 3.98. The minimum Gasteiger partial charge on any atom is -0.478 e. The number of hydrogen-bond donors (Lipinski definition) is 3. The number of ether oxygens (including phenoxy) is 1. The molecule has 0 spiro atoms. The number of carboxylic acid groups (broad SMARTS) is 1. The van der Waals surface area contributed by atoms with Gasteiger partial charge in [-0.25, -0.2) is 9.59 Å². The number of benzene rings is 1. The monoisotopic (exact) mass is 275 g/mol. The molecular formula is C13H13N3O4. The first kappa shape index (κ1) is 13.6. The Morgan fingerprint density at radius 2 is 2.05 bits per heavy atom. The van der Waals surface area contributed by atoms with Crippen molar-refractivity contribution >= 4 is 12.1 Å². The maximum absolute atomic E-state index is 11.5. The van der Waals surface area contributed by atoms with Crippen LogP contribution in [0.1, 0.15) is 21.6 Å². The van der Waals surface area contributed by atoms with Gasteiger partial charge in [-0.05, 0) is 5.56 Å². The maximum atomic E-state index is 11.5. The molecule has 0 aliphatic heterocycles. The molecule has 104 valence electrons. The van der Waals surface area contributed by atoms with Crippen LogP contribution in [0, 0.1) is 0 Å². The molecule has 7 nitrogen and oxygen atoms in total. The Kier molecular flexibility index (Phi) is 4.33. The molecule has 0 saturated carbocycles. The molecule has 0 bridgehead atoms. The summed E-state index contributed by atoms with van der Waals surface area (Å²) >= 11 is 0. The van der Waals surface area contributed by atoms with Crippen molar-refractivity contribution in [1.29, 1.82) is 0 Å². The van der Waals surface area contributed by atoms with Crippen molar-refractivity contribution in [2.45, 2.75) is 13.2 Å². The second-order valence-corrected chi connectivity index (χ2v) is 3.98. The Labute approximate surface area is 114 Å². The van der Waals surface area contributed by atoms with E-state index in [-0.39, 0.29) is 18.7 Å². The number of aromatic amines is 1. The number of carboxylic acids is 1. The van der Waals surface area contributed by atoms with Gasteiger partial charge in [0.1, 0.15) is 12.2 Å². The van der Waals surface area contributed by atoms with E-state index >= 15 is 0 Å². The first-order valence-electron chi connectivity index (χ1n) is 5.87. The van der Waals surface area contributed by atoms with Gasteiger partial charge in [0, 0.05) is 0 Å². The largest absolute Gasteiger partial charge is 0.478 e. The summed E-state index contributed by atoms with van der Waals surface area (Å²) in [6, 6.07) is 9.24. The Balaban J connectivity index is 1.80. The fourth-order valence-corrected chi connectivity index (χ4v) is 1.57. The SMILES string of the molecule is O=C(NCc1[nH]ncc1C(=O)O)OCc1ccccc1. The van der Waals surface area contributed by atoms with E-state index in [1.165, 1.54) is 6.20 Å². The molecule has 0 fully saturated rings. The average molecular weight is 275 g/mol. The van der Waals surface area contributed by atoms with Crippen molar-refractivity contribution in [2.75, 3.05) is 0 Å². The average Bonchev–Trinajstić information content (AvgIpc) is 2.92. The summed E-state index contributed by atoms with van der Waals surface area (Å²) in [4.78, 5) is 22.3. The number of nitrogens with zero attached hydrogens (tertiary/aromatic N) is 1. The Bertz CT molecular complexity index is 595. The summed E-state index contributed by atoms with van der Waals surface area (Å²) in [6.07, 6.45) is 0.564. The van der Waals surface area contributed by atoms with Crippen LogP contribution in [-0.4, -0.2) is 27.4 Å². The van der Waals surface area contributed by atoms with E-state index in [2.05, 4.69) is 15.5 Å². The quantitative estimate of drug-likeness (QED) is 0.767. The second kappa shape index (κ2) is 6.37. The summed E-state index contributed by atoms with van der Waals surface area (Å²) in [5.41, 5.74) is 1.21. The first-order valence-corrected chi connectivity index (χ1v) is 5.87. The number of carbonyl (C=O) groups excluding carboxylic acids is 1. The van der Waals surface area contributed by atoms with Gasteiger partial charge in [0.05, 0.1) is 18.4 Å². The molecule has 2 rings (SSSR count). The number of hydrogen-bond acceptors (Lipinski definition) is 4. The van der Waals surface area contributed by atoms with Crippen molar-refractivity contribution in [2.24, 2.45) is 0 Å². The highest BCUT2D eigenvalue weighted by Gasteiger charge is 2.13. The fourth-order valence-electron chi connectivity index (χ4n) is 1.57. The lowest BCUT2D eigenvalue weighted by Gasteiger charge is -2.06. The maximum Gasteiger partial charge on any atom is 0.407 e. The number of aromatic carboxylic acids is 1. The van der Waals surface area contributed by atoms with Gasteiger partial charge in [-0.3, -0.25) is 5.10 Å². The van der Waals surface area contributed by atoms with Crippen molar-refractivity contribution in [3.8, 4) is 0 Å². The molecule has 1 heterocycles. The van der Waals surface area contributed by atoms with E-state index in [9.17, 15) is 9.59 Å². The zero-order valence-corrected chi connectivity index (χ0v) is 10.5. The lowest BCUT2D eigenvalue weighted by atomic mass is 10.2. The normalized spacial score (nSPS) is 10.0. The molecule has 0 saturated heterocycles. The van der Waals surface area contributed by atoms with E-state index in [1.807, 2.05) is 30.3 Å². The Morgan fingerprint density at radius 3 is 2.75 bits per heavy atom. The summed E-state index contributed by atoms with van der Waals surface area (Å²) in [5, 5.41) is 17.5. The third-order valence-electron chi connectivity index (χ3n) is 2.57. The number of nitrogens with one attached hydrogen (secondary N) is 2. The van der Waals surface area contributed by atoms with E-state index in [1.54, 1.807) is 0 Å². The molecule has 0 aliphatic rings. The number of amides is 1. The topological polar surface area (TPSA) is 104 Å². The van der Waals surface area contributed by atoms with Crippen molar-refractivity contribution < 1.29 is 19.4 Å².